The van der Waals surface area contributed by atoms with E-state index in [1.54, 1.807) is 11.9 Å². The Labute approximate surface area is 109 Å². The van der Waals surface area contributed by atoms with Crippen LogP contribution in [0.15, 0.2) is 0 Å². The second-order valence-corrected chi connectivity index (χ2v) is 5.26. The molecule has 5 heteroatoms. The van der Waals surface area contributed by atoms with Crippen molar-refractivity contribution in [3.05, 3.63) is 0 Å². The predicted molar refractivity (Wildman–Crippen MR) is 69.4 cm³/mol. The molecule has 0 aromatic heterocycles. The van der Waals surface area contributed by atoms with Crippen molar-refractivity contribution in [2.75, 3.05) is 20.1 Å². The van der Waals surface area contributed by atoms with Crippen molar-refractivity contribution in [3.8, 4) is 0 Å². The molecule has 1 rings (SSSR count). The molecular formula is C13H24N2O3. The number of piperidine rings is 1. The normalized spacial score (nSPS) is 18.0. The average molecular weight is 256 g/mol. The molecule has 0 radical (unpaired) electrons. The second-order valence-electron chi connectivity index (χ2n) is 5.26. The Balaban J connectivity index is 2.37. The molecule has 1 fully saturated rings. The summed E-state index contributed by atoms with van der Waals surface area (Å²) in [5.74, 6) is -0.966. The number of hydrogen-bond donors (Lipinski definition) is 1. The SMILES string of the molecule is CC(C)N1CCC(N(C)C(=O)CCC(=O)O)CC1. The van der Waals surface area contributed by atoms with Crippen LogP contribution in [0.3, 0.4) is 0 Å². The van der Waals surface area contributed by atoms with Gasteiger partial charge in [-0.15, -0.1) is 0 Å². The Hall–Kier alpha value is -1.10. The number of likely N-dealkylation sites (tertiary alicyclic amines) is 1. The van der Waals surface area contributed by atoms with E-state index in [0.717, 1.165) is 25.9 Å². The van der Waals surface area contributed by atoms with Crippen molar-refractivity contribution < 1.29 is 14.7 Å². The van der Waals surface area contributed by atoms with Crippen LogP contribution in [-0.4, -0.2) is 59.0 Å². The van der Waals surface area contributed by atoms with E-state index in [1.165, 1.54) is 0 Å². The fourth-order valence-electron chi connectivity index (χ4n) is 2.38. The molecule has 1 saturated heterocycles. The molecule has 0 unspecified atom stereocenters. The first-order valence-corrected chi connectivity index (χ1v) is 6.63. The van der Waals surface area contributed by atoms with Crippen molar-refractivity contribution >= 4 is 11.9 Å². The highest BCUT2D eigenvalue weighted by molar-refractivity contribution is 5.80. The average Bonchev–Trinajstić information content (AvgIpc) is 2.35. The van der Waals surface area contributed by atoms with E-state index < -0.39 is 5.97 Å². The van der Waals surface area contributed by atoms with Gasteiger partial charge in [0.1, 0.15) is 0 Å². The third-order valence-corrected chi connectivity index (χ3v) is 3.72. The topological polar surface area (TPSA) is 60.9 Å². The molecule has 0 aromatic carbocycles. The summed E-state index contributed by atoms with van der Waals surface area (Å²) in [7, 11) is 1.79. The number of amides is 1. The minimum Gasteiger partial charge on any atom is -0.481 e. The Morgan fingerprint density at radius 3 is 2.28 bits per heavy atom. The molecule has 0 bridgehead atoms. The number of carbonyl (C=O) groups is 2. The molecule has 0 atom stereocenters. The van der Waals surface area contributed by atoms with Crippen LogP contribution in [0.2, 0.25) is 0 Å². The van der Waals surface area contributed by atoms with Gasteiger partial charge in [-0.3, -0.25) is 9.59 Å². The number of carboxylic acid groups (broad SMARTS) is 1. The van der Waals surface area contributed by atoms with Gasteiger partial charge in [-0.05, 0) is 26.7 Å². The zero-order valence-corrected chi connectivity index (χ0v) is 11.6. The highest BCUT2D eigenvalue weighted by atomic mass is 16.4. The van der Waals surface area contributed by atoms with E-state index in [9.17, 15) is 9.59 Å². The summed E-state index contributed by atoms with van der Waals surface area (Å²) in [4.78, 5) is 26.4. The number of rotatable bonds is 5. The van der Waals surface area contributed by atoms with Crippen LogP contribution in [0, 0.1) is 0 Å². The lowest BCUT2D eigenvalue weighted by Gasteiger charge is -2.38. The standard InChI is InChI=1S/C13H24N2O3/c1-10(2)15-8-6-11(7-9-15)14(3)12(16)4-5-13(17)18/h10-11H,4-9H2,1-3H3,(H,17,18). The highest BCUT2D eigenvalue weighted by Crippen LogP contribution is 2.18. The Kier molecular flexibility index (Phi) is 5.59. The van der Waals surface area contributed by atoms with Gasteiger partial charge < -0.3 is 14.9 Å². The number of hydrogen-bond acceptors (Lipinski definition) is 3. The third kappa shape index (κ3) is 4.29. The van der Waals surface area contributed by atoms with E-state index in [0.29, 0.717) is 6.04 Å². The van der Waals surface area contributed by atoms with E-state index in [4.69, 9.17) is 5.11 Å². The van der Waals surface area contributed by atoms with Crippen LogP contribution in [0.5, 0.6) is 0 Å². The highest BCUT2D eigenvalue weighted by Gasteiger charge is 2.26. The Bertz CT molecular complexity index is 297. The van der Waals surface area contributed by atoms with E-state index in [2.05, 4.69) is 18.7 Å². The van der Waals surface area contributed by atoms with Gasteiger partial charge in [-0.1, -0.05) is 0 Å². The minimum atomic E-state index is -0.911. The van der Waals surface area contributed by atoms with Gasteiger partial charge in [0, 0.05) is 38.6 Å². The molecule has 1 heterocycles. The lowest BCUT2D eigenvalue weighted by Crippen LogP contribution is -2.47. The maximum Gasteiger partial charge on any atom is 0.303 e. The van der Waals surface area contributed by atoms with Crippen molar-refractivity contribution in [2.24, 2.45) is 0 Å². The largest absolute Gasteiger partial charge is 0.481 e. The van der Waals surface area contributed by atoms with Crippen LogP contribution in [0.1, 0.15) is 39.5 Å². The zero-order valence-electron chi connectivity index (χ0n) is 11.6. The molecule has 0 saturated carbocycles. The monoisotopic (exact) mass is 256 g/mol. The van der Waals surface area contributed by atoms with Gasteiger partial charge in [-0.25, -0.2) is 0 Å². The van der Waals surface area contributed by atoms with Gasteiger partial charge in [0.05, 0.1) is 6.42 Å². The van der Waals surface area contributed by atoms with Crippen LogP contribution >= 0.6 is 0 Å². The maximum absolute atomic E-state index is 11.8. The van der Waals surface area contributed by atoms with Crippen molar-refractivity contribution in [1.82, 2.24) is 9.80 Å². The molecule has 104 valence electrons. The summed E-state index contributed by atoms with van der Waals surface area (Å²) < 4.78 is 0. The summed E-state index contributed by atoms with van der Waals surface area (Å²) in [6, 6.07) is 0.820. The van der Waals surface area contributed by atoms with Gasteiger partial charge >= 0.3 is 5.97 Å². The van der Waals surface area contributed by atoms with Gasteiger partial charge in [0.25, 0.3) is 0 Å². The first-order chi connectivity index (χ1) is 8.41. The fraction of sp³-hybridized carbons (Fsp3) is 0.846. The summed E-state index contributed by atoms with van der Waals surface area (Å²) >= 11 is 0. The molecule has 0 spiro atoms. The van der Waals surface area contributed by atoms with Crippen molar-refractivity contribution in [1.29, 1.82) is 0 Å². The summed E-state index contributed by atoms with van der Waals surface area (Å²) in [5.41, 5.74) is 0. The van der Waals surface area contributed by atoms with Crippen LogP contribution in [0.4, 0.5) is 0 Å². The summed E-state index contributed by atoms with van der Waals surface area (Å²) in [6.45, 7) is 6.39. The molecule has 0 aromatic rings. The van der Waals surface area contributed by atoms with Crippen LogP contribution < -0.4 is 0 Å². The number of carbonyl (C=O) groups excluding carboxylic acids is 1. The van der Waals surface area contributed by atoms with Crippen LogP contribution in [-0.2, 0) is 9.59 Å². The molecule has 1 amide bonds. The van der Waals surface area contributed by atoms with E-state index in [1.807, 2.05) is 0 Å². The second kappa shape index (κ2) is 6.73. The summed E-state index contributed by atoms with van der Waals surface area (Å²) in [6.07, 6.45) is 1.99. The lowest BCUT2D eigenvalue weighted by molar-refractivity contribution is -0.141. The van der Waals surface area contributed by atoms with Crippen LogP contribution in [0.25, 0.3) is 0 Å². The Morgan fingerprint density at radius 2 is 1.83 bits per heavy atom. The van der Waals surface area contributed by atoms with E-state index >= 15 is 0 Å². The molecular weight excluding hydrogens is 232 g/mol. The van der Waals surface area contributed by atoms with E-state index in [-0.39, 0.29) is 24.8 Å². The quantitative estimate of drug-likeness (QED) is 0.802. The van der Waals surface area contributed by atoms with Crippen molar-refractivity contribution in [3.63, 3.8) is 0 Å². The first kappa shape index (κ1) is 15.0. The summed E-state index contributed by atoms with van der Waals surface area (Å²) in [5, 5.41) is 8.57. The van der Waals surface area contributed by atoms with Gasteiger partial charge in [0.2, 0.25) is 5.91 Å². The maximum atomic E-state index is 11.8. The first-order valence-electron chi connectivity index (χ1n) is 6.63. The van der Waals surface area contributed by atoms with Gasteiger partial charge in [0.15, 0.2) is 0 Å². The third-order valence-electron chi connectivity index (χ3n) is 3.72. The molecule has 1 aliphatic heterocycles. The fourth-order valence-corrected chi connectivity index (χ4v) is 2.38. The number of carboxylic acids is 1. The molecule has 1 aliphatic rings. The Morgan fingerprint density at radius 1 is 1.28 bits per heavy atom. The molecule has 0 aliphatic carbocycles. The number of aliphatic carboxylic acids is 1. The molecule has 18 heavy (non-hydrogen) atoms. The molecule has 1 N–H and O–H groups in total. The minimum absolute atomic E-state index is 0.0552. The lowest BCUT2D eigenvalue weighted by atomic mass is 10.0. The number of nitrogens with zero attached hydrogens (tertiary/aromatic N) is 2. The van der Waals surface area contributed by atoms with Crippen molar-refractivity contribution in [2.45, 2.75) is 51.6 Å². The van der Waals surface area contributed by atoms with Gasteiger partial charge in [-0.2, -0.15) is 0 Å². The zero-order chi connectivity index (χ0) is 13.7. The predicted octanol–water partition coefficient (Wildman–Crippen LogP) is 1.18. The molecule has 5 nitrogen and oxygen atoms in total. The smallest absolute Gasteiger partial charge is 0.303 e.